The van der Waals surface area contributed by atoms with Crippen LogP contribution in [-0.2, 0) is 0 Å². The van der Waals surface area contributed by atoms with Crippen molar-refractivity contribution in [2.24, 2.45) is 0 Å². The zero-order valence-corrected chi connectivity index (χ0v) is 18.0. The molecule has 1 aromatic rings. The summed E-state index contributed by atoms with van der Waals surface area (Å²) in [6, 6.07) is 9.64. The van der Waals surface area contributed by atoms with Crippen molar-refractivity contribution >= 4 is 36.6 Å². The van der Waals surface area contributed by atoms with Gasteiger partial charge in [-0.05, 0) is 18.1 Å². The minimum absolute atomic E-state index is 0. The third-order valence-corrected chi connectivity index (χ3v) is 5.32. The Bertz CT molecular complexity index is 457. The lowest BCUT2D eigenvalue weighted by molar-refractivity contribution is 0.161. The van der Waals surface area contributed by atoms with E-state index < -0.39 is 0 Å². The molecule has 0 unspecified atom stereocenters. The van der Waals surface area contributed by atoms with Crippen molar-refractivity contribution in [2.45, 2.75) is 62.6 Å². The van der Waals surface area contributed by atoms with E-state index in [4.69, 9.17) is 0 Å². The number of nitrogens with one attached hydrogen (secondary N) is 1. The van der Waals surface area contributed by atoms with Crippen LogP contribution in [0.5, 0.6) is 0 Å². The van der Waals surface area contributed by atoms with Crippen LogP contribution in [0, 0.1) is 0 Å². The lowest BCUT2D eigenvalue weighted by Gasteiger charge is -2.36. The maximum Gasteiger partial charge on any atom is 0.0360 e. The van der Waals surface area contributed by atoms with Gasteiger partial charge in [0.15, 0.2) is 0 Å². The van der Waals surface area contributed by atoms with E-state index in [1.54, 1.807) is 0 Å². The lowest BCUT2D eigenvalue weighted by atomic mass is 9.98. The fourth-order valence-electron chi connectivity index (χ4n) is 3.10. The quantitative estimate of drug-likeness (QED) is 0.637. The van der Waals surface area contributed by atoms with Crippen molar-refractivity contribution < 1.29 is 0 Å². The first kappa shape index (κ1) is 24.1. The van der Waals surface area contributed by atoms with Crippen LogP contribution in [0.2, 0.25) is 0 Å². The van der Waals surface area contributed by atoms with Crippen LogP contribution >= 0.6 is 36.6 Å². The molecule has 0 aliphatic carbocycles. The first-order valence-electron chi connectivity index (χ1n) is 8.74. The number of hydrogen-bond donors (Lipinski definition) is 1. The van der Waals surface area contributed by atoms with Gasteiger partial charge in [-0.1, -0.05) is 58.7 Å². The normalized spacial score (nSPS) is 16.8. The number of hydrogen-bond acceptors (Lipinski definition) is 3. The maximum atomic E-state index is 3.48. The minimum Gasteiger partial charge on any atom is -0.314 e. The van der Waals surface area contributed by atoms with Gasteiger partial charge in [-0.15, -0.1) is 36.6 Å². The Hall–Kier alpha value is 0.0700. The predicted octanol–water partition coefficient (Wildman–Crippen LogP) is 5.56. The Labute approximate surface area is 165 Å². The molecule has 0 radical (unpaired) electrons. The molecular weight excluding hydrogens is 359 g/mol. The van der Waals surface area contributed by atoms with Crippen LogP contribution in [0.1, 0.15) is 58.6 Å². The summed E-state index contributed by atoms with van der Waals surface area (Å²) < 4.78 is 0.259. The van der Waals surface area contributed by atoms with Gasteiger partial charge in [-0.25, -0.2) is 0 Å². The molecular formula is C19H34Cl2N2S. The van der Waals surface area contributed by atoms with Gasteiger partial charge in [0.05, 0.1) is 0 Å². The number of rotatable bonds is 6. The smallest absolute Gasteiger partial charge is 0.0360 e. The summed E-state index contributed by atoms with van der Waals surface area (Å²) in [6.07, 6.45) is 3.86. The molecule has 0 amide bonds. The summed E-state index contributed by atoms with van der Waals surface area (Å²) in [5, 5.41) is 3.48. The van der Waals surface area contributed by atoms with Crippen LogP contribution in [0.3, 0.4) is 0 Å². The van der Waals surface area contributed by atoms with Gasteiger partial charge in [-0.2, -0.15) is 0 Å². The molecule has 1 atom stereocenters. The molecule has 5 heteroatoms. The SMILES string of the molecule is CCCC[C@H](c1ccccc1SC(C)(C)C)N1CCNCC1.Cl.Cl. The Morgan fingerprint density at radius 1 is 1.12 bits per heavy atom. The molecule has 0 saturated carbocycles. The fourth-order valence-corrected chi connectivity index (χ4v) is 4.23. The van der Waals surface area contributed by atoms with Gasteiger partial charge in [0.1, 0.15) is 0 Å². The van der Waals surface area contributed by atoms with Crippen LogP contribution in [-0.4, -0.2) is 35.8 Å². The van der Waals surface area contributed by atoms with E-state index in [2.05, 4.69) is 62.2 Å². The molecule has 24 heavy (non-hydrogen) atoms. The standard InChI is InChI=1S/C19H32N2S.2ClH/c1-5-6-10-17(21-14-12-20-13-15-21)16-9-7-8-11-18(16)22-19(2,3)4;;/h7-9,11,17,20H,5-6,10,12-15H2,1-4H3;2*1H/t17-;;/m1../s1. The number of benzene rings is 1. The molecule has 0 bridgehead atoms. The van der Waals surface area contributed by atoms with E-state index in [0.29, 0.717) is 6.04 Å². The van der Waals surface area contributed by atoms with Crippen molar-refractivity contribution in [1.82, 2.24) is 10.2 Å². The second-order valence-corrected chi connectivity index (χ2v) is 9.06. The highest BCUT2D eigenvalue weighted by Crippen LogP contribution is 2.39. The Morgan fingerprint density at radius 2 is 1.75 bits per heavy atom. The molecule has 2 nitrogen and oxygen atoms in total. The van der Waals surface area contributed by atoms with Crippen molar-refractivity contribution in [2.75, 3.05) is 26.2 Å². The van der Waals surface area contributed by atoms with Gasteiger partial charge >= 0.3 is 0 Å². The average molecular weight is 393 g/mol. The average Bonchev–Trinajstić information content (AvgIpc) is 2.49. The molecule has 1 aliphatic heterocycles. The van der Waals surface area contributed by atoms with Crippen LogP contribution in [0.25, 0.3) is 0 Å². The highest BCUT2D eigenvalue weighted by atomic mass is 35.5. The van der Waals surface area contributed by atoms with Gasteiger partial charge < -0.3 is 5.32 Å². The summed E-state index contributed by atoms with van der Waals surface area (Å²) in [4.78, 5) is 4.16. The molecule has 1 heterocycles. The minimum atomic E-state index is 0. The topological polar surface area (TPSA) is 15.3 Å². The molecule has 1 fully saturated rings. The molecule has 1 aromatic carbocycles. The number of nitrogens with zero attached hydrogens (tertiary/aromatic N) is 1. The molecule has 2 rings (SSSR count). The number of thioether (sulfide) groups is 1. The summed E-state index contributed by atoms with van der Waals surface area (Å²) in [6.45, 7) is 13.8. The second-order valence-electron chi connectivity index (χ2n) is 7.20. The first-order valence-corrected chi connectivity index (χ1v) is 9.55. The van der Waals surface area contributed by atoms with Gasteiger partial charge in [0.25, 0.3) is 0 Å². The third kappa shape index (κ3) is 7.53. The van der Waals surface area contributed by atoms with Gasteiger partial charge in [0.2, 0.25) is 0 Å². The van der Waals surface area contributed by atoms with Crippen molar-refractivity contribution in [3.63, 3.8) is 0 Å². The van der Waals surface area contributed by atoms with Crippen LogP contribution in [0.4, 0.5) is 0 Å². The monoisotopic (exact) mass is 392 g/mol. The molecule has 1 saturated heterocycles. The zero-order chi connectivity index (χ0) is 16.0. The Balaban J connectivity index is 0.00000264. The van der Waals surface area contributed by atoms with Crippen molar-refractivity contribution in [3.05, 3.63) is 29.8 Å². The van der Waals surface area contributed by atoms with Crippen molar-refractivity contribution in [3.8, 4) is 0 Å². The van der Waals surface area contributed by atoms with Gasteiger partial charge in [0, 0.05) is 41.9 Å². The van der Waals surface area contributed by atoms with E-state index in [-0.39, 0.29) is 29.6 Å². The third-order valence-electron chi connectivity index (χ3n) is 4.12. The number of halogens is 2. The summed E-state index contributed by atoms with van der Waals surface area (Å²) in [5.74, 6) is 0. The molecule has 1 N–H and O–H groups in total. The highest BCUT2D eigenvalue weighted by molar-refractivity contribution is 8.00. The van der Waals surface area contributed by atoms with E-state index in [0.717, 1.165) is 13.1 Å². The second kappa shape index (κ2) is 11.6. The highest BCUT2D eigenvalue weighted by Gasteiger charge is 2.25. The number of piperazine rings is 1. The zero-order valence-electron chi connectivity index (χ0n) is 15.5. The van der Waals surface area contributed by atoms with E-state index in [1.807, 2.05) is 11.8 Å². The van der Waals surface area contributed by atoms with E-state index >= 15 is 0 Å². The predicted molar refractivity (Wildman–Crippen MR) is 113 cm³/mol. The molecule has 140 valence electrons. The molecule has 1 aliphatic rings. The van der Waals surface area contributed by atoms with Crippen LogP contribution < -0.4 is 5.32 Å². The lowest BCUT2D eigenvalue weighted by Crippen LogP contribution is -2.45. The van der Waals surface area contributed by atoms with E-state index in [1.165, 1.54) is 42.8 Å². The Kier molecular flexibility index (Phi) is 11.7. The fraction of sp³-hybridized carbons (Fsp3) is 0.684. The largest absolute Gasteiger partial charge is 0.314 e. The molecule has 0 spiro atoms. The number of unbranched alkanes of at least 4 members (excludes halogenated alkanes) is 1. The van der Waals surface area contributed by atoms with Crippen molar-refractivity contribution in [1.29, 1.82) is 0 Å². The summed E-state index contributed by atoms with van der Waals surface area (Å²) in [7, 11) is 0. The van der Waals surface area contributed by atoms with E-state index in [9.17, 15) is 0 Å². The van der Waals surface area contributed by atoms with Gasteiger partial charge in [-0.3, -0.25) is 4.90 Å². The maximum absolute atomic E-state index is 3.48. The molecule has 0 aromatic heterocycles. The summed E-state index contributed by atoms with van der Waals surface area (Å²) in [5.41, 5.74) is 1.54. The Morgan fingerprint density at radius 3 is 2.33 bits per heavy atom. The summed E-state index contributed by atoms with van der Waals surface area (Å²) >= 11 is 2.01. The first-order chi connectivity index (χ1) is 10.5. The van der Waals surface area contributed by atoms with Crippen LogP contribution in [0.15, 0.2) is 29.2 Å².